The van der Waals surface area contributed by atoms with Gasteiger partial charge < -0.3 is 4.90 Å². The van der Waals surface area contributed by atoms with E-state index in [1.807, 2.05) is 0 Å². The third kappa shape index (κ3) is 4.68. The first-order valence-corrected chi connectivity index (χ1v) is 13.7. The van der Waals surface area contributed by atoms with Crippen LogP contribution in [-0.4, -0.2) is 64.1 Å². The van der Waals surface area contributed by atoms with Gasteiger partial charge in [-0.1, -0.05) is 0 Å². The van der Waals surface area contributed by atoms with Crippen LogP contribution in [-0.2, 0) is 24.8 Å². The van der Waals surface area contributed by atoms with Crippen molar-refractivity contribution < 1.29 is 26.0 Å². The van der Waals surface area contributed by atoms with Gasteiger partial charge in [-0.3, -0.25) is 4.79 Å². The van der Waals surface area contributed by atoms with E-state index in [9.17, 15) is 26.0 Å². The Labute approximate surface area is 193 Å². The van der Waals surface area contributed by atoms with E-state index in [2.05, 4.69) is 0 Å². The molecule has 0 N–H and O–H groups in total. The van der Waals surface area contributed by atoms with Gasteiger partial charge in [0.1, 0.15) is 5.82 Å². The number of nitrogens with zero attached hydrogens (tertiary/aromatic N) is 3. The van der Waals surface area contributed by atoms with Gasteiger partial charge in [-0.15, -0.1) is 0 Å². The molecule has 1 amide bonds. The molecule has 33 heavy (non-hydrogen) atoms. The van der Waals surface area contributed by atoms with Crippen LogP contribution in [0.25, 0.3) is 0 Å². The number of carbonyl (C=O) groups is 1. The molecule has 0 saturated carbocycles. The summed E-state index contributed by atoms with van der Waals surface area (Å²) in [6.07, 6.45) is 1.60. The van der Waals surface area contributed by atoms with Gasteiger partial charge in [0.25, 0.3) is 0 Å². The fourth-order valence-corrected chi connectivity index (χ4v) is 7.40. The van der Waals surface area contributed by atoms with Gasteiger partial charge in [-0.2, -0.15) is 8.61 Å². The molecule has 0 unspecified atom stereocenters. The number of hydrogen-bond acceptors (Lipinski definition) is 5. The minimum atomic E-state index is -3.86. The lowest BCUT2D eigenvalue weighted by Gasteiger charge is -2.23. The third-order valence-corrected chi connectivity index (χ3v) is 10.00. The second kappa shape index (κ2) is 9.13. The number of amides is 1. The zero-order chi connectivity index (χ0) is 23.8. The number of rotatable bonds is 5. The molecule has 2 fully saturated rings. The summed E-state index contributed by atoms with van der Waals surface area (Å²) in [6.45, 7) is 2.67. The molecule has 178 valence electrons. The molecule has 0 atom stereocenters. The van der Waals surface area contributed by atoms with E-state index in [0.29, 0.717) is 30.6 Å². The summed E-state index contributed by atoms with van der Waals surface area (Å²) >= 11 is 0. The first kappa shape index (κ1) is 23.8. The maximum atomic E-state index is 13.4. The van der Waals surface area contributed by atoms with Crippen LogP contribution in [0.5, 0.6) is 0 Å². The molecule has 0 aliphatic carbocycles. The van der Waals surface area contributed by atoms with Gasteiger partial charge in [0.15, 0.2) is 0 Å². The molecule has 4 rings (SSSR count). The lowest BCUT2D eigenvalue weighted by Crippen LogP contribution is -2.37. The highest BCUT2D eigenvalue weighted by atomic mass is 32.2. The Balaban J connectivity index is 1.52. The molecule has 2 aromatic carbocycles. The normalized spacial score (nSPS) is 19.1. The van der Waals surface area contributed by atoms with Crippen molar-refractivity contribution in [2.45, 2.75) is 36.0 Å². The topological polar surface area (TPSA) is 95.1 Å². The summed E-state index contributed by atoms with van der Waals surface area (Å²) in [5, 5.41) is 0. The number of hydrogen-bond donors (Lipinski definition) is 0. The maximum Gasteiger partial charge on any atom is 0.243 e. The van der Waals surface area contributed by atoms with Crippen LogP contribution in [0.2, 0.25) is 0 Å². The van der Waals surface area contributed by atoms with Crippen molar-refractivity contribution >= 4 is 31.6 Å². The zero-order valence-corrected chi connectivity index (χ0v) is 19.9. The van der Waals surface area contributed by atoms with E-state index in [1.54, 1.807) is 24.0 Å². The number of anilines is 1. The highest BCUT2D eigenvalue weighted by Crippen LogP contribution is 2.28. The Hall–Kier alpha value is -2.34. The average molecular weight is 496 g/mol. The number of carbonyl (C=O) groups excluding carboxylic acids is 1. The zero-order valence-electron chi connectivity index (χ0n) is 18.3. The minimum Gasteiger partial charge on any atom is -0.312 e. The van der Waals surface area contributed by atoms with Crippen LogP contribution in [0.3, 0.4) is 0 Å². The lowest BCUT2D eigenvalue weighted by molar-refractivity contribution is -0.117. The summed E-state index contributed by atoms with van der Waals surface area (Å²) in [5.41, 5.74) is 1.22. The molecule has 0 radical (unpaired) electrons. The predicted octanol–water partition coefficient (Wildman–Crippen LogP) is 2.35. The highest BCUT2D eigenvalue weighted by molar-refractivity contribution is 7.89. The average Bonchev–Trinajstić information content (AvgIpc) is 3.03. The van der Waals surface area contributed by atoms with E-state index < -0.39 is 25.9 Å². The van der Waals surface area contributed by atoms with Crippen molar-refractivity contribution in [1.29, 1.82) is 0 Å². The quantitative estimate of drug-likeness (QED) is 0.635. The van der Waals surface area contributed by atoms with Gasteiger partial charge in [-0.05, 0) is 67.8 Å². The first-order valence-electron chi connectivity index (χ1n) is 10.8. The molecule has 8 nitrogen and oxygen atoms in total. The van der Waals surface area contributed by atoms with Crippen LogP contribution in [0, 0.1) is 12.7 Å². The summed E-state index contributed by atoms with van der Waals surface area (Å²) in [7, 11) is -7.71. The smallest absolute Gasteiger partial charge is 0.243 e. The summed E-state index contributed by atoms with van der Waals surface area (Å²) in [4.78, 5) is 13.8. The van der Waals surface area contributed by atoms with Crippen molar-refractivity contribution in [2.75, 3.05) is 37.6 Å². The van der Waals surface area contributed by atoms with E-state index >= 15 is 0 Å². The highest BCUT2D eigenvalue weighted by Gasteiger charge is 2.33. The molecular weight excluding hydrogens is 469 g/mol. The fraction of sp³-hybridized carbons (Fsp3) is 0.409. The minimum absolute atomic E-state index is 0.00164. The van der Waals surface area contributed by atoms with Crippen LogP contribution in [0.4, 0.5) is 10.1 Å². The Morgan fingerprint density at radius 3 is 2.00 bits per heavy atom. The van der Waals surface area contributed by atoms with Crippen LogP contribution in [0.1, 0.15) is 24.8 Å². The molecule has 2 aliphatic heterocycles. The molecule has 2 aromatic rings. The van der Waals surface area contributed by atoms with Crippen molar-refractivity contribution in [1.82, 2.24) is 8.61 Å². The largest absolute Gasteiger partial charge is 0.312 e. The van der Waals surface area contributed by atoms with Crippen molar-refractivity contribution in [3.8, 4) is 0 Å². The molecule has 2 saturated heterocycles. The van der Waals surface area contributed by atoms with Gasteiger partial charge in [0.2, 0.25) is 26.0 Å². The van der Waals surface area contributed by atoms with Crippen LogP contribution >= 0.6 is 0 Å². The molecule has 2 heterocycles. The Kier molecular flexibility index (Phi) is 6.59. The molecule has 0 bridgehead atoms. The summed E-state index contributed by atoms with van der Waals surface area (Å²) in [6, 6.07) is 9.46. The molecule has 0 spiro atoms. The number of benzene rings is 2. The second-order valence-corrected chi connectivity index (χ2v) is 12.1. The lowest BCUT2D eigenvalue weighted by atomic mass is 10.2. The number of sulfonamides is 2. The van der Waals surface area contributed by atoms with Gasteiger partial charge in [0.05, 0.1) is 9.79 Å². The van der Waals surface area contributed by atoms with E-state index in [4.69, 9.17) is 0 Å². The number of aryl methyl sites for hydroxylation is 1. The molecule has 0 aromatic heterocycles. The molecule has 2 aliphatic rings. The van der Waals surface area contributed by atoms with Gasteiger partial charge in [-0.25, -0.2) is 21.2 Å². The molecular formula is C22H26FN3O5S2. The van der Waals surface area contributed by atoms with E-state index in [1.165, 1.54) is 26.8 Å². The summed E-state index contributed by atoms with van der Waals surface area (Å²) < 4.78 is 68.3. The maximum absolute atomic E-state index is 13.4. The van der Waals surface area contributed by atoms with Crippen molar-refractivity contribution in [2.24, 2.45) is 0 Å². The van der Waals surface area contributed by atoms with E-state index in [0.717, 1.165) is 18.6 Å². The standard InChI is InChI=1S/C22H26FN3O5S2/c1-17-16-19(26-13-2-4-22(26)27)7-10-21(17)33(30,31)25-12-3-11-24(14-15-25)32(28,29)20-8-5-18(23)6-9-20/h5-10,16H,2-4,11-15H2,1H3. The predicted molar refractivity (Wildman–Crippen MR) is 121 cm³/mol. The van der Waals surface area contributed by atoms with Gasteiger partial charge in [0, 0.05) is 44.8 Å². The number of halogens is 1. The van der Waals surface area contributed by atoms with Crippen molar-refractivity contribution in [3.63, 3.8) is 0 Å². The van der Waals surface area contributed by atoms with Crippen LogP contribution in [0.15, 0.2) is 52.3 Å². The van der Waals surface area contributed by atoms with Crippen LogP contribution < -0.4 is 4.90 Å². The summed E-state index contributed by atoms with van der Waals surface area (Å²) in [5.74, 6) is -0.502. The third-order valence-electron chi connectivity index (χ3n) is 6.03. The Morgan fingerprint density at radius 1 is 0.788 bits per heavy atom. The van der Waals surface area contributed by atoms with E-state index in [-0.39, 0.29) is 41.9 Å². The first-order chi connectivity index (χ1) is 15.6. The Bertz CT molecular complexity index is 1260. The Morgan fingerprint density at radius 2 is 1.42 bits per heavy atom. The fourth-order valence-electron chi connectivity index (χ4n) is 4.26. The second-order valence-electron chi connectivity index (χ2n) is 8.21. The SMILES string of the molecule is Cc1cc(N2CCCC2=O)ccc1S(=O)(=O)N1CCCN(S(=O)(=O)c2ccc(F)cc2)CC1. The van der Waals surface area contributed by atoms with Crippen molar-refractivity contribution in [3.05, 3.63) is 53.8 Å². The van der Waals surface area contributed by atoms with Gasteiger partial charge >= 0.3 is 0 Å². The monoisotopic (exact) mass is 495 g/mol. The molecule has 11 heteroatoms.